The standard InChI is InChI=1S/C19H23N3O5S/c1-15-7-8-17(13-19(15)22(23)24)28(25,26)20(2)14-16-5-3-4-6-18(16)21-9-11-27-12-10-21/h3-8,13H,9-12,14H2,1-2H3. The Balaban J connectivity index is 1.88. The number of nitro groups is 1. The topological polar surface area (TPSA) is 93.0 Å². The van der Waals surface area contributed by atoms with E-state index in [2.05, 4.69) is 4.90 Å². The van der Waals surface area contributed by atoms with Crippen LogP contribution in [0, 0.1) is 17.0 Å². The second kappa shape index (κ2) is 8.26. The number of ether oxygens (including phenoxy) is 1. The van der Waals surface area contributed by atoms with Crippen LogP contribution in [0.15, 0.2) is 47.4 Å². The first-order chi connectivity index (χ1) is 13.3. The molecule has 1 aliphatic rings. The predicted octanol–water partition coefficient (Wildman–Crippen LogP) is 2.56. The Morgan fingerprint density at radius 1 is 1.18 bits per heavy atom. The van der Waals surface area contributed by atoms with E-state index in [1.54, 1.807) is 6.92 Å². The van der Waals surface area contributed by atoms with Gasteiger partial charge in [0.1, 0.15) is 0 Å². The van der Waals surface area contributed by atoms with E-state index >= 15 is 0 Å². The van der Waals surface area contributed by atoms with Crippen molar-refractivity contribution in [2.24, 2.45) is 0 Å². The molecular formula is C19H23N3O5S. The summed E-state index contributed by atoms with van der Waals surface area (Å²) in [5.41, 5.74) is 2.06. The van der Waals surface area contributed by atoms with Crippen molar-refractivity contribution in [1.29, 1.82) is 0 Å². The SMILES string of the molecule is Cc1ccc(S(=O)(=O)N(C)Cc2ccccc2N2CCOCC2)cc1[N+](=O)[O-]. The van der Waals surface area contributed by atoms with Gasteiger partial charge in [0.2, 0.25) is 10.0 Å². The molecule has 1 fully saturated rings. The lowest BCUT2D eigenvalue weighted by Crippen LogP contribution is -2.37. The van der Waals surface area contributed by atoms with Crippen molar-refractivity contribution in [3.05, 3.63) is 63.7 Å². The molecule has 0 N–H and O–H groups in total. The molecule has 1 saturated heterocycles. The van der Waals surface area contributed by atoms with Crippen LogP contribution in [0.25, 0.3) is 0 Å². The van der Waals surface area contributed by atoms with Gasteiger partial charge in [-0.05, 0) is 24.6 Å². The minimum absolute atomic E-state index is 0.0869. The highest BCUT2D eigenvalue weighted by molar-refractivity contribution is 7.89. The van der Waals surface area contributed by atoms with Gasteiger partial charge in [-0.1, -0.05) is 24.3 Å². The van der Waals surface area contributed by atoms with E-state index in [-0.39, 0.29) is 17.1 Å². The third-order valence-corrected chi connectivity index (χ3v) is 6.62. The molecule has 1 aliphatic heterocycles. The van der Waals surface area contributed by atoms with E-state index in [0.29, 0.717) is 18.8 Å². The number of sulfonamides is 1. The average Bonchev–Trinajstić information content (AvgIpc) is 2.69. The number of morpholine rings is 1. The third kappa shape index (κ3) is 4.16. The van der Waals surface area contributed by atoms with E-state index in [4.69, 9.17) is 4.74 Å². The fourth-order valence-electron chi connectivity index (χ4n) is 3.21. The van der Waals surface area contributed by atoms with Gasteiger partial charge in [0, 0.05) is 44.0 Å². The molecule has 150 valence electrons. The van der Waals surface area contributed by atoms with E-state index in [1.807, 2.05) is 24.3 Å². The van der Waals surface area contributed by atoms with E-state index < -0.39 is 14.9 Å². The predicted molar refractivity (Wildman–Crippen MR) is 106 cm³/mol. The minimum Gasteiger partial charge on any atom is -0.378 e. The lowest BCUT2D eigenvalue weighted by molar-refractivity contribution is -0.385. The first-order valence-corrected chi connectivity index (χ1v) is 10.4. The summed E-state index contributed by atoms with van der Waals surface area (Å²) >= 11 is 0. The van der Waals surface area contributed by atoms with Crippen molar-refractivity contribution in [2.75, 3.05) is 38.3 Å². The highest BCUT2D eigenvalue weighted by Crippen LogP contribution is 2.27. The van der Waals surface area contributed by atoms with Gasteiger partial charge >= 0.3 is 0 Å². The largest absolute Gasteiger partial charge is 0.378 e. The maximum absolute atomic E-state index is 13.0. The van der Waals surface area contributed by atoms with Crippen LogP contribution < -0.4 is 4.90 Å². The number of aryl methyl sites for hydroxylation is 1. The first kappa shape index (κ1) is 20.2. The number of rotatable bonds is 6. The molecule has 0 aliphatic carbocycles. The van der Waals surface area contributed by atoms with Gasteiger partial charge in [-0.15, -0.1) is 0 Å². The summed E-state index contributed by atoms with van der Waals surface area (Å²) < 4.78 is 32.6. The molecule has 0 radical (unpaired) electrons. The van der Waals surface area contributed by atoms with Gasteiger partial charge in [-0.3, -0.25) is 10.1 Å². The van der Waals surface area contributed by atoms with Gasteiger partial charge in [0.15, 0.2) is 0 Å². The van der Waals surface area contributed by atoms with E-state index in [0.717, 1.165) is 30.4 Å². The molecule has 0 amide bonds. The van der Waals surface area contributed by atoms with Crippen molar-refractivity contribution in [3.63, 3.8) is 0 Å². The van der Waals surface area contributed by atoms with Gasteiger partial charge in [0.25, 0.3) is 5.69 Å². The van der Waals surface area contributed by atoms with Crippen LogP contribution in [0.5, 0.6) is 0 Å². The Bertz CT molecular complexity index is 971. The van der Waals surface area contributed by atoms with Crippen LogP contribution >= 0.6 is 0 Å². The van der Waals surface area contributed by atoms with Crippen molar-refractivity contribution in [2.45, 2.75) is 18.4 Å². The minimum atomic E-state index is -3.87. The smallest absolute Gasteiger partial charge is 0.273 e. The number of benzene rings is 2. The summed E-state index contributed by atoms with van der Waals surface area (Å²) in [6, 6.07) is 11.6. The van der Waals surface area contributed by atoms with Gasteiger partial charge in [-0.2, -0.15) is 4.31 Å². The summed E-state index contributed by atoms with van der Waals surface area (Å²) in [5, 5.41) is 11.2. The maximum atomic E-state index is 13.0. The molecule has 1 heterocycles. The Labute approximate surface area is 164 Å². The highest BCUT2D eigenvalue weighted by atomic mass is 32.2. The van der Waals surface area contributed by atoms with Gasteiger partial charge in [-0.25, -0.2) is 8.42 Å². The van der Waals surface area contributed by atoms with Crippen molar-refractivity contribution in [1.82, 2.24) is 4.31 Å². The van der Waals surface area contributed by atoms with E-state index in [1.165, 1.54) is 23.5 Å². The summed E-state index contributed by atoms with van der Waals surface area (Å²) in [4.78, 5) is 12.7. The number of anilines is 1. The molecule has 0 saturated carbocycles. The van der Waals surface area contributed by atoms with Crippen molar-refractivity contribution in [3.8, 4) is 0 Å². The summed E-state index contributed by atoms with van der Waals surface area (Å²) in [6.45, 7) is 4.51. The Kier molecular flexibility index (Phi) is 5.97. The Morgan fingerprint density at radius 3 is 2.54 bits per heavy atom. The summed E-state index contributed by atoms with van der Waals surface area (Å²) in [6.07, 6.45) is 0. The lowest BCUT2D eigenvalue weighted by Gasteiger charge is -2.31. The van der Waals surface area contributed by atoms with Crippen LogP contribution in [0.1, 0.15) is 11.1 Å². The number of nitro benzene ring substituents is 1. The molecule has 0 bridgehead atoms. The molecule has 9 heteroatoms. The first-order valence-electron chi connectivity index (χ1n) is 8.92. The normalized spacial score (nSPS) is 15.0. The second-order valence-corrected chi connectivity index (χ2v) is 8.74. The molecular weight excluding hydrogens is 382 g/mol. The van der Waals surface area contributed by atoms with Gasteiger partial charge < -0.3 is 9.64 Å². The second-order valence-electron chi connectivity index (χ2n) is 6.69. The van der Waals surface area contributed by atoms with Crippen LogP contribution in [0.4, 0.5) is 11.4 Å². The molecule has 0 unspecified atom stereocenters. The zero-order valence-corrected chi connectivity index (χ0v) is 16.7. The molecule has 2 aromatic carbocycles. The summed E-state index contributed by atoms with van der Waals surface area (Å²) in [7, 11) is -2.39. The van der Waals surface area contributed by atoms with Crippen molar-refractivity contribution >= 4 is 21.4 Å². The molecule has 8 nitrogen and oxygen atoms in total. The monoisotopic (exact) mass is 405 g/mol. The molecule has 0 aromatic heterocycles. The molecule has 0 atom stereocenters. The highest BCUT2D eigenvalue weighted by Gasteiger charge is 2.25. The fourth-order valence-corrected chi connectivity index (χ4v) is 4.38. The molecule has 0 spiro atoms. The maximum Gasteiger partial charge on any atom is 0.273 e. The van der Waals surface area contributed by atoms with Gasteiger partial charge in [0.05, 0.1) is 23.0 Å². The molecule has 28 heavy (non-hydrogen) atoms. The van der Waals surface area contributed by atoms with E-state index in [9.17, 15) is 18.5 Å². The number of hydrogen-bond donors (Lipinski definition) is 0. The lowest BCUT2D eigenvalue weighted by atomic mass is 10.1. The zero-order chi connectivity index (χ0) is 20.3. The third-order valence-electron chi connectivity index (χ3n) is 4.82. The quantitative estimate of drug-likeness (QED) is 0.542. The van der Waals surface area contributed by atoms with Crippen LogP contribution in [0.2, 0.25) is 0 Å². The Hall–Kier alpha value is -2.49. The molecule has 2 aromatic rings. The number of para-hydroxylation sites is 1. The van der Waals surface area contributed by atoms with Crippen LogP contribution in [-0.4, -0.2) is 51.0 Å². The fraction of sp³-hybridized carbons (Fsp3) is 0.368. The summed E-state index contributed by atoms with van der Waals surface area (Å²) in [5.74, 6) is 0. The van der Waals surface area contributed by atoms with Crippen molar-refractivity contribution < 1.29 is 18.1 Å². The zero-order valence-electron chi connectivity index (χ0n) is 15.9. The number of hydrogen-bond acceptors (Lipinski definition) is 6. The Morgan fingerprint density at radius 2 is 1.86 bits per heavy atom. The van der Waals surface area contributed by atoms with Crippen LogP contribution in [-0.2, 0) is 21.3 Å². The average molecular weight is 405 g/mol. The number of nitrogens with zero attached hydrogens (tertiary/aromatic N) is 3. The van der Waals surface area contributed by atoms with Crippen LogP contribution in [0.3, 0.4) is 0 Å². The molecule has 3 rings (SSSR count).